The molecule has 0 amide bonds. The maximum atomic E-state index is 5.76. The minimum atomic E-state index is 0.330. The van der Waals surface area contributed by atoms with E-state index in [1.165, 1.54) is 29.2 Å². The number of benzene rings is 1. The Bertz CT molecular complexity index is 544. The molecule has 1 aromatic carbocycles. The van der Waals surface area contributed by atoms with Crippen molar-refractivity contribution in [2.24, 2.45) is 0 Å². The lowest BCUT2D eigenvalue weighted by Crippen LogP contribution is -2.22. The maximum Gasteiger partial charge on any atom is 0.0594 e. The van der Waals surface area contributed by atoms with Crippen molar-refractivity contribution < 1.29 is 4.74 Å². The molecule has 1 fully saturated rings. The van der Waals surface area contributed by atoms with Crippen molar-refractivity contribution in [3.63, 3.8) is 0 Å². The highest BCUT2D eigenvalue weighted by Crippen LogP contribution is 2.29. The second-order valence-corrected chi connectivity index (χ2v) is 5.16. The molecule has 100 valence electrons. The normalized spacial score (nSPS) is 20.8. The molecule has 0 saturated carbocycles. The summed E-state index contributed by atoms with van der Waals surface area (Å²) in [4.78, 5) is 4.26. The molecule has 1 aliphatic rings. The molecule has 2 unspecified atom stereocenters. The van der Waals surface area contributed by atoms with Crippen LogP contribution in [0.25, 0.3) is 10.8 Å². The van der Waals surface area contributed by atoms with Crippen LogP contribution in [0.5, 0.6) is 0 Å². The molecule has 0 bridgehead atoms. The van der Waals surface area contributed by atoms with Gasteiger partial charge in [-0.1, -0.05) is 18.2 Å². The molecule has 0 spiro atoms. The summed E-state index contributed by atoms with van der Waals surface area (Å²) >= 11 is 0. The average Bonchev–Trinajstić information content (AvgIpc) is 2.97. The number of hydrogen-bond acceptors (Lipinski definition) is 3. The summed E-state index contributed by atoms with van der Waals surface area (Å²) in [6.07, 6.45) is 7.61. The van der Waals surface area contributed by atoms with Crippen molar-refractivity contribution in [2.75, 3.05) is 13.7 Å². The van der Waals surface area contributed by atoms with Crippen LogP contribution in [-0.2, 0) is 4.74 Å². The van der Waals surface area contributed by atoms with E-state index in [0.717, 1.165) is 13.0 Å². The lowest BCUT2D eigenvalue weighted by molar-refractivity contribution is 0.0955. The Hall–Kier alpha value is -1.45. The van der Waals surface area contributed by atoms with Gasteiger partial charge in [0.25, 0.3) is 0 Å². The van der Waals surface area contributed by atoms with Crippen LogP contribution in [-0.4, -0.2) is 24.7 Å². The molecule has 0 radical (unpaired) electrons. The Labute approximate surface area is 114 Å². The van der Waals surface area contributed by atoms with Crippen molar-refractivity contribution in [2.45, 2.75) is 31.4 Å². The van der Waals surface area contributed by atoms with Gasteiger partial charge in [0.05, 0.1) is 6.10 Å². The van der Waals surface area contributed by atoms with Crippen LogP contribution in [0.3, 0.4) is 0 Å². The van der Waals surface area contributed by atoms with Gasteiger partial charge in [-0.05, 0) is 43.3 Å². The van der Waals surface area contributed by atoms with Crippen LogP contribution < -0.4 is 5.32 Å². The number of ether oxygens (including phenoxy) is 1. The summed E-state index contributed by atoms with van der Waals surface area (Å²) in [6.45, 7) is 0.915. The summed E-state index contributed by atoms with van der Waals surface area (Å²) < 4.78 is 5.76. The minimum absolute atomic E-state index is 0.330. The summed E-state index contributed by atoms with van der Waals surface area (Å²) in [5.41, 5.74) is 1.32. The molecule has 1 aromatic heterocycles. The van der Waals surface area contributed by atoms with Crippen molar-refractivity contribution in [3.05, 3.63) is 42.2 Å². The van der Waals surface area contributed by atoms with Crippen molar-refractivity contribution in [1.29, 1.82) is 0 Å². The second-order valence-electron chi connectivity index (χ2n) is 5.16. The first-order chi connectivity index (χ1) is 9.38. The fourth-order valence-corrected chi connectivity index (χ4v) is 2.93. The van der Waals surface area contributed by atoms with Gasteiger partial charge < -0.3 is 10.1 Å². The zero-order valence-corrected chi connectivity index (χ0v) is 11.3. The van der Waals surface area contributed by atoms with E-state index in [2.05, 4.69) is 34.6 Å². The second kappa shape index (κ2) is 5.68. The third kappa shape index (κ3) is 2.62. The van der Waals surface area contributed by atoms with Gasteiger partial charge in [0, 0.05) is 30.4 Å². The molecule has 3 rings (SSSR count). The highest BCUT2D eigenvalue weighted by Gasteiger charge is 2.22. The van der Waals surface area contributed by atoms with E-state index in [1.807, 2.05) is 19.4 Å². The number of rotatable bonds is 4. The fraction of sp³-hybridized carbons (Fsp3) is 0.438. The van der Waals surface area contributed by atoms with Gasteiger partial charge in [0.15, 0.2) is 0 Å². The Morgan fingerprint density at radius 1 is 1.42 bits per heavy atom. The molecule has 2 heterocycles. The molecule has 3 nitrogen and oxygen atoms in total. The first kappa shape index (κ1) is 12.6. The summed E-state index contributed by atoms with van der Waals surface area (Å²) in [5.74, 6) is 0. The SMILES string of the molecule is CNC(CC1CCCO1)c1cccc2ccncc12. The molecule has 1 aliphatic heterocycles. The number of fused-ring (bicyclic) bond motifs is 1. The van der Waals surface area contributed by atoms with E-state index < -0.39 is 0 Å². The van der Waals surface area contributed by atoms with Crippen LogP contribution in [0, 0.1) is 0 Å². The van der Waals surface area contributed by atoms with Crippen LogP contribution in [0.1, 0.15) is 30.9 Å². The van der Waals surface area contributed by atoms with Gasteiger partial charge in [0.1, 0.15) is 0 Å². The predicted octanol–water partition coefficient (Wildman–Crippen LogP) is 3.06. The molecule has 0 aliphatic carbocycles. The number of pyridine rings is 1. The molecular weight excluding hydrogens is 236 g/mol. The highest BCUT2D eigenvalue weighted by atomic mass is 16.5. The minimum Gasteiger partial charge on any atom is -0.378 e. The Kier molecular flexibility index (Phi) is 3.76. The summed E-state index contributed by atoms with van der Waals surface area (Å²) in [6, 6.07) is 8.85. The Morgan fingerprint density at radius 3 is 3.16 bits per heavy atom. The van der Waals surface area contributed by atoms with Crippen LogP contribution in [0.15, 0.2) is 36.7 Å². The largest absolute Gasteiger partial charge is 0.378 e. The number of hydrogen-bond donors (Lipinski definition) is 1. The van der Waals surface area contributed by atoms with Gasteiger partial charge in [-0.15, -0.1) is 0 Å². The van der Waals surface area contributed by atoms with E-state index in [9.17, 15) is 0 Å². The third-order valence-electron chi connectivity index (χ3n) is 3.96. The molecule has 2 atom stereocenters. The van der Waals surface area contributed by atoms with E-state index in [0.29, 0.717) is 12.1 Å². The molecule has 3 heteroatoms. The van der Waals surface area contributed by atoms with Crippen molar-refractivity contribution in [3.8, 4) is 0 Å². The summed E-state index contributed by atoms with van der Waals surface area (Å²) in [5, 5.41) is 5.92. The summed E-state index contributed by atoms with van der Waals surface area (Å²) in [7, 11) is 2.02. The predicted molar refractivity (Wildman–Crippen MR) is 77.1 cm³/mol. The van der Waals surface area contributed by atoms with Crippen molar-refractivity contribution >= 4 is 10.8 Å². The Balaban J connectivity index is 1.91. The highest BCUT2D eigenvalue weighted by molar-refractivity contribution is 5.85. The standard InChI is InChI=1S/C16H20N2O/c1-17-16(10-13-5-3-9-19-13)14-6-2-4-12-7-8-18-11-15(12)14/h2,4,6-8,11,13,16-17H,3,5,9-10H2,1H3. The fourth-order valence-electron chi connectivity index (χ4n) is 2.93. The first-order valence-corrected chi connectivity index (χ1v) is 7.00. The van der Waals surface area contributed by atoms with Crippen LogP contribution in [0.4, 0.5) is 0 Å². The number of aromatic nitrogens is 1. The van der Waals surface area contributed by atoms with Crippen LogP contribution >= 0.6 is 0 Å². The zero-order chi connectivity index (χ0) is 13.1. The molecule has 19 heavy (non-hydrogen) atoms. The smallest absolute Gasteiger partial charge is 0.0594 e. The van der Waals surface area contributed by atoms with Crippen molar-refractivity contribution in [1.82, 2.24) is 10.3 Å². The van der Waals surface area contributed by atoms with E-state index in [1.54, 1.807) is 0 Å². The molecule has 2 aromatic rings. The van der Waals surface area contributed by atoms with Crippen LogP contribution in [0.2, 0.25) is 0 Å². The quantitative estimate of drug-likeness (QED) is 0.913. The van der Waals surface area contributed by atoms with Gasteiger partial charge in [-0.3, -0.25) is 4.98 Å². The lowest BCUT2D eigenvalue weighted by Gasteiger charge is -2.21. The van der Waals surface area contributed by atoms with E-state index >= 15 is 0 Å². The molecule has 1 N–H and O–H groups in total. The average molecular weight is 256 g/mol. The number of nitrogens with one attached hydrogen (secondary N) is 1. The molecular formula is C16H20N2O. The topological polar surface area (TPSA) is 34.1 Å². The van der Waals surface area contributed by atoms with Gasteiger partial charge >= 0.3 is 0 Å². The lowest BCUT2D eigenvalue weighted by atomic mass is 9.95. The maximum absolute atomic E-state index is 5.76. The molecule has 1 saturated heterocycles. The van der Waals surface area contributed by atoms with E-state index in [4.69, 9.17) is 4.74 Å². The third-order valence-corrected chi connectivity index (χ3v) is 3.96. The van der Waals surface area contributed by atoms with Gasteiger partial charge in [-0.2, -0.15) is 0 Å². The van der Waals surface area contributed by atoms with E-state index in [-0.39, 0.29) is 0 Å². The first-order valence-electron chi connectivity index (χ1n) is 7.00. The Morgan fingerprint density at radius 2 is 2.37 bits per heavy atom. The van der Waals surface area contributed by atoms with Gasteiger partial charge in [-0.25, -0.2) is 0 Å². The number of nitrogens with zero attached hydrogens (tertiary/aromatic N) is 1. The van der Waals surface area contributed by atoms with Gasteiger partial charge in [0.2, 0.25) is 0 Å². The monoisotopic (exact) mass is 256 g/mol. The zero-order valence-electron chi connectivity index (χ0n) is 11.3.